The summed E-state index contributed by atoms with van der Waals surface area (Å²) in [6, 6.07) is 10.3. The maximum absolute atomic E-state index is 5.84. The third-order valence-corrected chi connectivity index (χ3v) is 6.63. The summed E-state index contributed by atoms with van der Waals surface area (Å²) in [4.78, 5) is 9.23. The Balaban J connectivity index is 1.61. The molecule has 4 rings (SSSR count). The third kappa shape index (κ3) is 6.08. The average Bonchev–Trinajstić information content (AvgIpc) is 3.62. The van der Waals surface area contributed by atoms with Crippen LogP contribution in [-0.2, 0) is 28.2 Å². The highest BCUT2D eigenvalue weighted by molar-refractivity contribution is 5.79. The van der Waals surface area contributed by atoms with E-state index in [4.69, 9.17) is 19.6 Å². The number of pyridine rings is 1. The van der Waals surface area contributed by atoms with Crippen LogP contribution in [0.25, 0.3) is 22.5 Å². The fourth-order valence-corrected chi connectivity index (χ4v) is 4.44. The minimum absolute atomic E-state index is 0.592. The Kier molecular flexibility index (Phi) is 9.08. The Labute approximate surface area is 217 Å². The maximum Gasteiger partial charge on any atom is 0.231 e. The van der Waals surface area contributed by atoms with Crippen molar-refractivity contribution in [1.82, 2.24) is 40.4 Å². The summed E-state index contributed by atoms with van der Waals surface area (Å²) < 4.78 is 13.7. The number of benzene rings is 1. The van der Waals surface area contributed by atoms with E-state index in [0.717, 1.165) is 66.6 Å². The lowest BCUT2D eigenvalue weighted by Crippen LogP contribution is -2.32. The van der Waals surface area contributed by atoms with Crippen molar-refractivity contribution in [3.8, 4) is 22.5 Å². The van der Waals surface area contributed by atoms with Gasteiger partial charge in [0.25, 0.3) is 0 Å². The monoisotopic (exact) mass is 504 g/mol. The van der Waals surface area contributed by atoms with E-state index in [0.29, 0.717) is 24.6 Å². The SMILES string of the molecule is CCCCCc1nc(C(CCCC)(OC)OC)nn1Cc1ccc(-c2cnccc2-c2nnn[nH]2)cc1. The number of unbranched alkanes of at least 4 members (excludes halogenated alkanes) is 3. The van der Waals surface area contributed by atoms with E-state index in [1.165, 1.54) is 0 Å². The van der Waals surface area contributed by atoms with Gasteiger partial charge in [-0.25, -0.2) is 14.8 Å². The van der Waals surface area contributed by atoms with Gasteiger partial charge in [-0.15, -0.1) is 10.2 Å². The topological polar surface area (TPSA) is 117 Å². The summed E-state index contributed by atoms with van der Waals surface area (Å²) in [5, 5.41) is 19.2. The van der Waals surface area contributed by atoms with Gasteiger partial charge in [0.05, 0.1) is 6.54 Å². The predicted molar refractivity (Wildman–Crippen MR) is 140 cm³/mol. The first kappa shape index (κ1) is 26.6. The highest BCUT2D eigenvalue weighted by Gasteiger charge is 2.37. The smallest absolute Gasteiger partial charge is 0.231 e. The number of nitrogens with zero attached hydrogens (tertiary/aromatic N) is 7. The molecule has 0 radical (unpaired) electrons. The molecule has 0 atom stereocenters. The van der Waals surface area contributed by atoms with Gasteiger partial charge in [-0.05, 0) is 40.5 Å². The molecule has 0 saturated carbocycles. The Morgan fingerprint density at radius 3 is 2.41 bits per heavy atom. The van der Waals surface area contributed by atoms with E-state index < -0.39 is 5.79 Å². The molecule has 10 heteroatoms. The van der Waals surface area contributed by atoms with Gasteiger partial charge in [-0.2, -0.15) is 0 Å². The number of hydrogen-bond acceptors (Lipinski definition) is 8. The summed E-state index contributed by atoms with van der Waals surface area (Å²) in [5.41, 5.74) is 4.01. The lowest BCUT2D eigenvalue weighted by molar-refractivity contribution is -0.226. The molecule has 10 nitrogen and oxygen atoms in total. The molecular weight excluding hydrogens is 468 g/mol. The lowest BCUT2D eigenvalue weighted by Gasteiger charge is -2.27. The number of hydrogen-bond donors (Lipinski definition) is 1. The molecular formula is C27H36N8O2. The van der Waals surface area contributed by atoms with Crippen LogP contribution in [0.5, 0.6) is 0 Å². The molecule has 37 heavy (non-hydrogen) atoms. The molecule has 0 aliphatic heterocycles. The van der Waals surface area contributed by atoms with Gasteiger partial charge in [-0.1, -0.05) is 57.4 Å². The molecule has 0 amide bonds. The van der Waals surface area contributed by atoms with Crippen molar-refractivity contribution in [2.75, 3.05) is 14.2 Å². The highest BCUT2D eigenvalue weighted by Crippen LogP contribution is 2.31. The molecule has 0 aliphatic carbocycles. The second-order valence-electron chi connectivity index (χ2n) is 9.10. The molecule has 3 aromatic heterocycles. The zero-order valence-corrected chi connectivity index (χ0v) is 22.1. The van der Waals surface area contributed by atoms with Crippen molar-refractivity contribution in [3.63, 3.8) is 0 Å². The van der Waals surface area contributed by atoms with Gasteiger partial charge >= 0.3 is 0 Å². The molecule has 1 aromatic carbocycles. The van der Waals surface area contributed by atoms with E-state index in [1.54, 1.807) is 20.4 Å². The Morgan fingerprint density at radius 2 is 1.73 bits per heavy atom. The molecule has 3 heterocycles. The Bertz CT molecular complexity index is 1230. The summed E-state index contributed by atoms with van der Waals surface area (Å²) in [5.74, 6) is 1.22. The number of aryl methyl sites for hydroxylation is 1. The number of ether oxygens (including phenoxy) is 2. The Morgan fingerprint density at radius 1 is 0.946 bits per heavy atom. The average molecular weight is 505 g/mol. The minimum atomic E-state index is -0.934. The zero-order chi connectivity index (χ0) is 26.1. The van der Waals surface area contributed by atoms with Crippen molar-refractivity contribution in [2.24, 2.45) is 0 Å². The number of nitrogens with one attached hydrogen (secondary N) is 1. The van der Waals surface area contributed by atoms with E-state index in [1.807, 2.05) is 16.9 Å². The van der Waals surface area contributed by atoms with Crippen molar-refractivity contribution >= 4 is 0 Å². The predicted octanol–water partition coefficient (Wildman–Crippen LogP) is 4.94. The first-order chi connectivity index (χ1) is 18.1. The zero-order valence-electron chi connectivity index (χ0n) is 22.1. The number of aromatic nitrogens is 8. The molecule has 0 bridgehead atoms. The maximum atomic E-state index is 5.84. The van der Waals surface area contributed by atoms with Crippen molar-refractivity contribution in [1.29, 1.82) is 0 Å². The van der Waals surface area contributed by atoms with Crippen LogP contribution >= 0.6 is 0 Å². The van der Waals surface area contributed by atoms with E-state index >= 15 is 0 Å². The van der Waals surface area contributed by atoms with Gasteiger partial charge in [0.15, 0.2) is 5.82 Å². The molecule has 0 fully saturated rings. The van der Waals surface area contributed by atoms with Gasteiger partial charge < -0.3 is 9.47 Å². The van der Waals surface area contributed by atoms with E-state index in [2.05, 4.69) is 63.7 Å². The molecule has 0 saturated heterocycles. The largest absolute Gasteiger partial charge is 0.347 e. The van der Waals surface area contributed by atoms with Gasteiger partial charge in [0, 0.05) is 50.6 Å². The Hall–Kier alpha value is -3.50. The summed E-state index contributed by atoms with van der Waals surface area (Å²) >= 11 is 0. The normalized spacial score (nSPS) is 11.8. The van der Waals surface area contributed by atoms with Crippen LogP contribution in [0.4, 0.5) is 0 Å². The van der Waals surface area contributed by atoms with Gasteiger partial charge in [0.2, 0.25) is 11.6 Å². The molecule has 0 aliphatic rings. The standard InChI is InChI=1S/C27H36N8O2/c1-5-7-9-10-24-29-26(27(36-3,37-4)16-8-6-2)32-35(24)19-20-11-13-21(14-12-20)23-18-28-17-15-22(23)25-30-33-34-31-25/h11-15,17-18H,5-10,16,19H2,1-4H3,(H,30,31,33,34). The number of aromatic amines is 1. The number of H-pyrrole nitrogens is 1. The molecule has 0 unspecified atom stereocenters. The number of rotatable bonds is 14. The van der Waals surface area contributed by atoms with Crippen LogP contribution in [0, 0.1) is 0 Å². The van der Waals surface area contributed by atoms with Crippen molar-refractivity contribution in [3.05, 3.63) is 59.9 Å². The van der Waals surface area contributed by atoms with E-state index in [9.17, 15) is 0 Å². The molecule has 196 valence electrons. The van der Waals surface area contributed by atoms with Crippen LogP contribution in [-0.4, -0.2) is 54.6 Å². The lowest BCUT2D eigenvalue weighted by atomic mass is 10.0. The summed E-state index contributed by atoms with van der Waals surface area (Å²) in [7, 11) is 3.33. The van der Waals surface area contributed by atoms with Crippen LogP contribution in [0.2, 0.25) is 0 Å². The molecule has 1 N–H and O–H groups in total. The molecule has 0 spiro atoms. The fraction of sp³-hybridized carbons (Fsp3) is 0.481. The second kappa shape index (κ2) is 12.6. The fourth-order valence-electron chi connectivity index (χ4n) is 4.44. The van der Waals surface area contributed by atoms with Crippen LogP contribution < -0.4 is 0 Å². The third-order valence-electron chi connectivity index (χ3n) is 6.63. The quantitative estimate of drug-likeness (QED) is 0.190. The van der Waals surface area contributed by atoms with Gasteiger partial charge in [0.1, 0.15) is 5.82 Å². The molecule has 4 aromatic rings. The highest BCUT2D eigenvalue weighted by atomic mass is 16.7. The van der Waals surface area contributed by atoms with Crippen molar-refractivity contribution < 1.29 is 9.47 Å². The van der Waals surface area contributed by atoms with Crippen molar-refractivity contribution in [2.45, 2.75) is 71.1 Å². The number of methoxy groups -OCH3 is 2. The van der Waals surface area contributed by atoms with Crippen LogP contribution in [0.15, 0.2) is 42.7 Å². The van der Waals surface area contributed by atoms with Gasteiger partial charge in [-0.3, -0.25) is 4.98 Å². The van der Waals surface area contributed by atoms with Crippen LogP contribution in [0.3, 0.4) is 0 Å². The second-order valence-corrected chi connectivity index (χ2v) is 9.10. The van der Waals surface area contributed by atoms with E-state index in [-0.39, 0.29) is 0 Å². The summed E-state index contributed by atoms with van der Waals surface area (Å²) in [6.07, 6.45) is 10.5. The number of tetrazole rings is 1. The summed E-state index contributed by atoms with van der Waals surface area (Å²) in [6.45, 7) is 4.96. The van der Waals surface area contributed by atoms with Crippen LogP contribution in [0.1, 0.15) is 69.6 Å². The first-order valence-corrected chi connectivity index (χ1v) is 13.0. The minimum Gasteiger partial charge on any atom is -0.347 e. The first-order valence-electron chi connectivity index (χ1n) is 13.0.